The normalized spacial score (nSPS) is 10.7. The molecule has 9 nitrogen and oxygen atoms in total. The molecule has 0 aliphatic heterocycles. The average Bonchev–Trinajstić information content (AvgIpc) is 3.40. The van der Waals surface area contributed by atoms with Crippen molar-refractivity contribution in [2.24, 2.45) is 0 Å². The minimum Gasteiger partial charge on any atom is -0.451 e. The SMILES string of the molecule is CCC(=O)Nc1nc2ccc(NC(=O)c3ccc(-c4cccc([N+](=O)[O-])c4)o3)cc2s1. The zero-order valence-corrected chi connectivity index (χ0v) is 17.1. The topological polar surface area (TPSA) is 127 Å². The van der Waals surface area contributed by atoms with Crippen LogP contribution in [0, 0.1) is 10.1 Å². The Hall–Kier alpha value is -4.05. The molecule has 2 N–H and O–H groups in total. The number of rotatable bonds is 6. The largest absolute Gasteiger partial charge is 0.451 e. The van der Waals surface area contributed by atoms with Crippen molar-refractivity contribution in [3.63, 3.8) is 0 Å². The average molecular weight is 436 g/mol. The Labute approximate surface area is 179 Å². The van der Waals surface area contributed by atoms with E-state index in [1.54, 1.807) is 43.3 Å². The molecule has 2 heterocycles. The molecule has 0 atom stereocenters. The fourth-order valence-corrected chi connectivity index (χ4v) is 3.77. The number of carbonyl (C=O) groups is 2. The quantitative estimate of drug-likeness (QED) is 0.321. The van der Waals surface area contributed by atoms with Crippen molar-refractivity contribution in [3.8, 4) is 11.3 Å². The first-order valence-electron chi connectivity index (χ1n) is 9.29. The molecule has 0 spiro atoms. The Morgan fingerprint density at radius 3 is 2.74 bits per heavy atom. The number of benzene rings is 2. The first kappa shape index (κ1) is 20.2. The second kappa shape index (κ2) is 8.36. The van der Waals surface area contributed by atoms with Crippen LogP contribution in [0.4, 0.5) is 16.5 Å². The Kier molecular flexibility index (Phi) is 5.46. The molecule has 4 aromatic rings. The van der Waals surface area contributed by atoms with Crippen LogP contribution >= 0.6 is 11.3 Å². The molecule has 4 rings (SSSR count). The van der Waals surface area contributed by atoms with Crippen molar-refractivity contribution in [2.75, 3.05) is 10.6 Å². The van der Waals surface area contributed by atoms with Gasteiger partial charge in [0, 0.05) is 29.8 Å². The Balaban J connectivity index is 1.51. The number of amides is 2. The van der Waals surface area contributed by atoms with E-state index < -0.39 is 10.8 Å². The summed E-state index contributed by atoms with van der Waals surface area (Å²) in [6.45, 7) is 1.76. The summed E-state index contributed by atoms with van der Waals surface area (Å²) in [6, 6.07) is 14.3. The lowest BCUT2D eigenvalue weighted by Gasteiger charge is -2.03. The summed E-state index contributed by atoms with van der Waals surface area (Å²) >= 11 is 1.31. The van der Waals surface area contributed by atoms with E-state index >= 15 is 0 Å². The second-order valence-electron chi connectivity index (χ2n) is 6.53. The van der Waals surface area contributed by atoms with Crippen LogP contribution in [0.3, 0.4) is 0 Å². The number of hydrogen-bond donors (Lipinski definition) is 2. The van der Waals surface area contributed by atoms with Gasteiger partial charge in [-0.1, -0.05) is 30.4 Å². The Bertz CT molecular complexity index is 1310. The van der Waals surface area contributed by atoms with Gasteiger partial charge in [-0.2, -0.15) is 0 Å². The van der Waals surface area contributed by atoms with E-state index in [-0.39, 0.29) is 17.4 Å². The first-order chi connectivity index (χ1) is 14.9. The van der Waals surface area contributed by atoms with Gasteiger partial charge in [0.05, 0.1) is 15.1 Å². The third-order valence-electron chi connectivity index (χ3n) is 4.39. The third kappa shape index (κ3) is 4.43. The molecule has 31 heavy (non-hydrogen) atoms. The van der Waals surface area contributed by atoms with Gasteiger partial charge < -0.3 is 15.1 Å². The summed E-state index contributed by atoms with van der Waals surface area (Å²) in [4.78, 5) is 38.9. The fraction of sp³-hybridized carbons (Fsp3) is 0.0952. The van der Waals surface area contributed by atoms with Crippen molar-refractivity contribution in [1.29, 1.82) is 0 Å². The van der Waals surface area contributed by atoms with E-state index in [0.29, 0.717) is 34.1 Å². The number of nitrogens with one attached hydrogen (secondary N) is 2. The number of carbonyl (C=O) groups excluding carboxylic acids is 2. The molecule has 2 aromatic carbocycles. The van der Waals surface area contributed by atoms with Crippen LogP contribution in [-0.4, -0.2) is 21.7 Å². The van der Waals surface area contributed by atoms with E-state index in [1.165, 1.54) is 29.5 Å². The number of furan rings is 1. The lowest BCUT2D eigenvalue weighted by atomic mass is 10.1. The highest BCUT2D eigenvalue weighted by atomic mass is 32.1. The van der Waals surface area contributed by atoms with E-state index in [9.17, 15) is 19.7 Å². The third-order valence-corrected chi connectivity index (χ3v) is 5.32. The van der Waals surface area contributed by atoms with Crippen LogP contribution in [0.15, 0.2) is 59.0 Å². The molecule has 0 aliphatic rings. The minimum atomic E-state index is -0.491. The zero-order valence-electron chi connectivity index (χ0n) is 16.2. The van der Waals surface area contributed by atoms with E-state index in [4.69, 9.17) is 4.42 Å². The summed E-state index contributed by atoms with van der Waals surface area (Å²) in [5, 5.41) is 16.9. The molecular weight excluding hydrogens is 420 g/mol. The van der Waals surface area contributed by atoms with Crippen LogP contribution in [0.1, 0.15) is 23.9 Å². The van der Waals surface area contributed by atoms with Gasteiger partial charge in [0.2, 0.25) is 5.91 Å². The highest BCUT2D eigenvalue weighted by molar-refractivity contribution is 7.22. The van der Waals surface area contributed by atoms with Gasteiger partial charge in [-0.3, -0.25) is 19.7 Å². The maximum atomic E-state index is 12.6. The van der Waals surface area contributed by atoms with E-state index in [0.717, 1.165) is 4.70 Å². The van der Waals surface area contributed by atoms with Gasteiger partial charge >= 0.3 is 0 Å². The molecule has 2 amide bonds. The number of thiazole rings is 1. The number of anilines is 2. The molecule has 2 aromatic heterocycles. The van der Waals surface area contributed by atoms with Gasteiger partial charge in [-0.15, -0.1) is 0 Å². The predicted molar refractivity (Wildman–Crippen MR) is 117 cm³/mol. The molecule has 0 saturated heterocycles. The molecule has 0 radical (unpaired) electrons. The van der Waals surface area contributed by atoms with Gasteiger partial charge in [-0.05, 0) is 30.3 Å². The Morgan fingerprint density at radius 1 is 1.13 bits per heavy atom. The van der Waals surface area contributed by atoms with Gasteiger partial charge in [0.15, 0.2) is 10.9 Å². The maximum Gasteiger partial charge on any atom is 0.291 e. The summed E-state index contributed by atoms with van der Waals surface area (Å²) in [6.07, 6.45) is 0.360. The molecule has 156 valence electrons. The summed E-state index contributed by atoms with van der Waals surface area (Å²) < 4.78 is 6.40. The van der Waals surface area contributed by atoms with Gasteiger partial charge in [0.1, 0.15) is 5.76 Å². The number of fused-ring (bicyclic) bond motifs is 1. The summed E-state index contributed by atoms with van der Waals surface area (Å²) in [5.74, 6) is -0.158. The van der Waals surface area contributed by atoms with Crippen molar-refractivity contribution in [3.05, 3.63) is 70.5 Å². The molecule has 0 fully saturated rings. The molecule has 0 unspecified atom stereocenters. The second-order valence-corrected chi connectivity index (χ2v) is 7.56. The first-order valence-corrected chi connectivity index (χ1v) is 10.1. The van der Waals surface area contributed by atoms with Crippen LogP contribution in [-0.2, 0) is 4.79 Å². The molecule has 0 aliphatic carbocycles. The van der Waals surface area contributed by atoms with Crippen LogP contribution in [0.2, 0.25) is 0 Å². The standard InChI is InChI=1S/C21H16N4O5S/c1-2-19(26)24-21-23-15-7-6-13(11-18(15)31-21)22-20(27)17-9-8-16(30-17)12-4-3-5-14(10-12)25(28)29/h3-11H,2H2,1H3,(H,22,27)(H,23,24,26). The fourth-order valence-electron chi connectivity index (χ4n) is 2.84. The predicted octanol–water partition coefficient (Wildman–Crippen LogP) is 5.07. The van der Waals surface area contributed by atoms with E-state index in [2.05, 4.69) is 15.6 Å². The number of nitro groups is 1. The van der Waals surface area contributed by atoms with Crippen LogP contribution in [0.25, 0.3) is 21.5 Å². The van der Waals surface area contributed by atoms with E-state index in [1.807, 2.05) is 0 Å². The molecule has 0 bridgehead atoms. The molecular formula is C21H16N4O5S. The van der Waals surface area contributed by atoms with Crippen molar-refractivity contribution >= 4 is 49.9 Å². The summed E-state index contributed by atoms with van der Waals surface area (Å²) in [5.41, 5.74) is 1.69. The lowest BCUT2D eigenvalue weighted by Crippen LogP contribution is -2.10. The van der Waals surface area contributed by atoms with Crippen LogP contribution in [0.5, 0.6) is 0 Å². The van der Waals surface area contributed by atoms with Crippen LogP contribution < -0.4 is 10.6 Å². The zero-order chi connectivity index (χ0) is 22.0. The maximum absolute atomic E-state index is 12.6. The Morgan fingerprint density at radius 2 is 1.97 bits per heavy atom. The van der Waals surface area contributed by atoms with Crippen molar-refractivity contribution in [2.45, 2.75) is 13.3 Å². The minimum absolute atomic E-state index is 0.0627. The number of hydrogen-bond acceptors (Lipinski definition) is 7. The smallest absolute Gasteiger partial charge is 0.291 e. The highest BCUT2D eigenvalue weighted by Crippen LogP contribution is 2.29. The summed E-state index contributed by atoms with van der Waals surface area (Å²) in [7, 11) is 0. The number of nitrogens with zero attached hydrogens (tertiary/aromatic N) is 2. The number of nitro benzene ring substituents is 1. The number of aromatic nitrogens is 1. The lowest BCUT2D eigenvalue weighted by molar-refractivity contribution is -0.384. The van der Waals surface area contributed by atoms with Crippen molar-refractivity contribution < 1.29 is 18.9 Å². The van der Waals surface area contributed by atoms with Gasteiger partial charge in [0.25, 0.3) is 11.6 Å². The molecule has 10 heteroatoms. The van der Waals surface area contributed by atoms with Gasteiger partial charge in [-0.25, -0.2) is 4.98 Å². The number of non-ortho nitro benzene ring substituents is 1. The highest BCUT2D eigenvalue weighted by Gasteiger charge is 2.15. The monoisotopic (exact) mass is 436 g/mol. The molecule has 0 saturated carbocycles. The van der Waals surface area contributed by atoms with Crippen molar-refractivity contribution in [1.82, 2.24) is 4.98 Å².